The van der Waals surface area contributed by atoms with E-state index in [-0.39, 0.29) is 23.7 Å². The average molecular weight is 223 g/mol. The molecule has 0 aliphatic carbocycles. The highest BCUT2D eigenvalue weighted by atomic mass is 35.5. The molecule has 3 nitrogen and oxygen atoms in total. The molecule has 0 fully saturated rings. The van der Waals surface area contributed by atoms with Crippen LogP contribution in [0.15, 0.2) is 0 Å². The average Bonchev–Trinajstić information content (AvgIpc) is 1.82. The van der Waals surface area contributed by atoms with Crippen LogP contribution in [0.5, 0.6) is 0 Å². The number of primary amides is 1. The molecule has 0 unspecified atom stereocenters. The SMILES string of the molecule is CC(C)(C)CNCC(C)(C)C(N)=O.Cl. The first-order valence-corrected chi connectivity index (χ1v) is 4.66. The van der Waals surface area contributed by atoms with Crippen LogP contribution in [0, 0.1) is 10.8 Å². The van der Waals surface area contributed by atoms with Crippen LogP contribution in [0.3, 0.4) is 0 Å². The number of carbonyl (C=O) groups excluding carboxylic acids is 1. The van der Waals surface area contributed by atoms with Gasteiger partial charge in [0.05, 0.1) is 5.41 Å². The quantitative estimate of drug-likeness (QED) is 0.759. The van der Waals surface area contributed by atoms with Crippen LogP contribution in [-0.2, 0) is 4.79 Å². The van der Waals surface area contributed by atoms with Crippen LogP contribution in [0.4, 0.5) is 0 Å². The highest BCUT2D eigenvalue weighted by molar-refractivity contribution is 5.85. The summed E-state index contributed by atoms with van der Waals surface area (Å²) < 4.78 is 0. The number of nitrogens with two attached hydrogens (primary N) is 1. The molecule has 0 aromatic rings. The first-order chi connectivity index (χ1) is 5.65. The fourth-order valence-electron chi connectivity index (χ4n) is 0.837. The molecular weight excluding hydrogens is 200 g/mol. The third kappa shape index (κ3) is 7.15. The standard InChI is InChI=1S/C10H22N2O.ClH/c1-9(2,3)6-12-7-10(4,5)8(11)13;/h12H,6-7H2,1-5H3,(H2,11,13);1H. The van der Waals surface area contributed by atoms with Gasteiger partial charge in [-0.05, 0) is 19.3 Å². The van der Waals surface area contributed by atoms with Gasteiger partial charge in [-0.1, -0.05) is 20.8 Å². The van der Waals surface area contributed by atoms with Crippen molar-refractivity contribution in [3.63, 3.8) is 0 Å². The van der Waals surface area contributed by atoms with Crippen molar-refractivity contribution in [2.75, 3.05) is 13.1 Å². The Morgan fingerprint density at radius 3 is 1.86 bits per heavy atom. The van der Waals surface area contributed by atoms with Gasteiger partial charge in [-0.15, -0.1) is 12.4 Å². The minimum atomic E-state index is -0.453. The molecule has 0 aliphatic rings. The number of carbonyl (C=O) groups is 1. The van der Waals surface area contributed by atoms with E-state index in [1.54, 1.807) is 0 Å². The zero-order chi connectivity index (χ0) is 10.7. The maximum Gasteiger partial charge on any atom is 0.224 e. The van der Waals surface area contributed by atoms with Crippen LogP contribution < -0.4 is 11.1 Å². The summed E-state index contributed by atoms with van der Waals surface area (Å²) in [7, 11) is 0. The molecule has 0 radical (unpaired) electrons. The summed E-state index contributed by atoms with van der Waals surface area (Å²) >= 11 is 0. The lowest BCUT2D eigenvalue weighted by Gasteiger charge is -2.25. The van der Waals surface area contributed by atoms with Crippen molar-refractivity contribution >= 4 is 18.3 Å². The van der Waals surface area contributed by atoms with Gasteiger partial charge in [-0.2, -0.15) is 0 Å². The molecule has 0 rings (SSSR count). The van der Waals surface area contributed by atoms with Crippen LogP contribution in [0.25, 0.3) is 0 Å². The Morgan fingerprint density at radius 2 is 1.57 bits per heavy atom. The molecule has 0 aromatic carbocycles. The van der Waals surface area contributed by atoms with Crippen LogP contribution >= 0.6 is 12.4 Å². The summed E-state index contributed by atoms with van der Waals surface area (Å²) in [6, 6.07) is 0. The van der Waals surface area contributed by atoms with Gasteiger partial charge in [-0.25, -0.2) is 0 Å². The second-order valence-corrected chi connectivity index (χ2v) is 5.41. The second-order valence-electron chi connectivity index (χ2n) is 5.41. The molecule has 0 bridgehead atoms. The Morgan fingerprint density at radius 1 is 1.14 bits per heavy atom. The Hall–Kier alpha value is -0.280. The first kappa shape index (κ1) is 16.2. The van der Waals surface area contributed by atoms with Crippen molar-refractivity contribution in [3.05, 3.63) is 0 Å². The Kier molecular flexibility index (Phi) is 6.42. The Labute approximate surface area is 93.2 Å². The van der Waals surface area contributed by atoms with Gasteiger partial charge in [0.1, 0.15) is 0 Å². The third-order valence-electron chi connectivity index (χ3n) is 1.89. The summed E-state index contributed by atoms with van der Waals surface area (Å²) in [5.41, 5.74) is 5.03. The number of rotatable bonds is 4. The fraction of sp³-hybridized carbons (Fsp3) is 0.900. The van der Waals surface area contributed by atoms with Gasteiger partial charge in [0.15, 0.2) is 0 Å². The third-order valence-corrected chi connectivity index (χ3v) is 1.89. The van der Waals surface area contributed by atoms with Crippen molar-refractivity contribution < 1.29 is 4.79 Å². The molecule has 0 aliphatic heterocycles. The minimum Gasteiger partial charge on any atom is -0.369 e. The molecule has 0 aromatic heterocycles. The predicted molar refractivity (Wildman–Crippen MR) is 62.5 cm³/mol. The Bertz CT molecular complexity index is 185. The predicted octanol–water partition coefficient (Wildman–Crippen LogP) is 1.56. The van der Waals surface area contributed by atoms with E-state index in [4.69, 9.17) is 5.73 Å². The molecule has 14 heavy (non-hydrogen) atoms. The highest BCUT2D eigenvalue weighted by Crippen LogP contribution is 2.14. The smallest absolute Gasteiger partial charge is 0.224 e. The lowest BCUT2D eigenvalue weighted by atomic mass is 9.91. The van der Waals surface area contributed by atoms with Gasteiger partial charge in [-0.3, -0.25) is 4.79 Å². The largest absolute Gasteiger partial charge is 0.369 e. The molecule has 3 N–H and O–H groups in total. The molecule has 0 spiro atoms. The summed E-state index contributed by atoms with van der Waals surface area (Å²) in [5, 5.41) is 3.25. The summed E-state index contributed by atoms with van der Waals surface area (Å²) in [5.74, 6) is -0.256. The van der Waals surface area contributed by atoms with E-state index in [9.17, 15) is 4.79 Å². The molecule has 86 valence electrons. The molecule has 1 amide bonds. The van der Waals surface area contributed by atoms with Gasteiger partial charge >= 0.3 is 0 Å². The first-order valence-electron chi connectivity index (χ1n) is 4.66. The molecular formula is C10H23ClN2O. The summed E-state index contributed by atoms with van der Waals surface area (Å²) in [6.45, 7) is 11.7. The lowest BCUT2D eigenvalue weighted by molar-refractivity contribution is -0.125. The van der Waals surface area contributed by atoms with E-state index in [1.807, 2.05) is 13.8 Å². The molecule has 0 saturated heterocycles. The molecule has 0 saturated carbocycles. The Balaban J connectivity index is 0. The monoisotopic (exact) mass is 222 g/mol. The van der Waals surface area contributed by atoms with Gasteiger partial charge in [0.2, 0.25) is 5.91 Å². The number of nitrogens with one attached hydrogen (secondary N) is 1. The molecule has 4 heteroatoms. The highest BCUT2D eigenvalue weighted by Gasteiger charge is 2.24. The van der Waals surface area contributed by atoms with Crippen molar-refractivity contribution in [1.82, 2.24) is 5.32 Å². The second kappa shape index (κ2) is 5.56. The van der Waals surface area contributed by atoms with Crippen LogP contribution in [-0.4, -0.2) is 19.0 Å². The van der Waals surface area contributed by atoms with E-state index >= 15 is 0 Å². The van der Waals surface area contributed by atoms with Crippen LogP contribution in [0.1, 0.15) is 34.6 Å². The normalized spacial score (nSPS) is 12.1. The van der Waals surface area contributed by atoms with E-state index in [2.05, 4.69) is 26.1 Å². The fourth-order valence-corrected chi connectivity index (χ4v) is 0.837. The van der Waals surface area contributed by atoms with Crippen molar-refractivity contribution in [2.24, 2.45) is 16.6 Å². The maximum absolute atomic E-state index is 11.0. The van der Waals surface area contributed by atoms with E-state index in [0.717, 1.165) is 6.54 Å². The topological polar surface area (TPSA) is 55.1 Å². The molecule has 0 atom stereocenters. The van der Waals surface area contributed by atoms with E-state index < -0.39 is 5.41 Å². The number of halogens is 1. The number of hydrogen-bond acceptors (Lipinski definition) is 2. The lowest BCUT2D eigenvalue weighted by Crippen LogP contribution is -2.42. The summed E-state index contributed by atoms with van der Waals surface area (Å²) in [4.78, 5) is 11.0. The summed E-state index contributed by atoms with van der Waals surface area (Å²) in [6.07, 6.45) is 0. The van der Waals surface area contributed by atoms with E-state index in [1.165, 1.54) is 0 Å². The maximum atomic E-state index is 11.0. The zero-order valence-corrected chi connectivity index (χ0v) is 10.6. The van der Waals surface area contributed by atoms with Crippen molar-refractivity contribution in [3.8, 4) is 0 Å². The minimum absolute atomic E-state index is 0. The van der Waals surface area contributed by atoms with Crippen molar-refractivity contribution in [2.45, 2.75) is 34.6 Å². The number of hydrogen-bond donors (Lipinski definition) is 2. The molecule has 0 heterocycles. The number of amides is 1. The zero-order valence-electron chi connectivity index (χ0n) is 9.81. The van der Waals surface area contributed by atoms with Crippen molar-refractivity contribution in [1.29, 1.82) is 0 Å². The van der Waals surface area contributed by atoms with Gasteiger partial charge in [0, 0.05) is 13.1 Å². The van der Waals surface area contributed by atoms with E-state index in [0.29, 0.717) is 6.54 Å². The van der Waals surface area contributed by atoms with Gasteiger partial charge < -0.3 is 11.1 Å². The van der Waals surface area contributed by atoms with Crippen LogP contribution in [0.2, 0.25) is 0 Å². The van der Waals surface area contributed by atoms with Gasteiger partial charge in [0.25, 0.3) is 0 Å².